The van der Waals surface area contributed by atoms with Gasteiger partial charge in [0.25, 0.3) is 5.91 Å². The van der Waals surface area contributed by atoms with Crippen molar-refractivity contribution in [1.29, 1.82) is 0 Å². The Morgan fingerprint density at radius 3 is 2.66 bits per heavy atom. The van der Waals surface area contributed by atoms with Crippen LogP contribution in [0.25, 0.3) is 0 Å². The predicted molar refractivity (Wildman–Crippen MR) is 118 cm³/mol. The van der Waals surface area contributed by atoms with Gasteiger partial charge in [0.2, 0.25) is 12.7 Å². The molecular formula is C23H17F4N3O4S. The van der Waals surface area contributed by atoms with E-state index in [9.17, 15) is 27.2 Å². The fourth-order valence-corrected chi connectivity index (χ4v) is 5.04. The first-order valence-corrected chi connectivity index (χ1v) is 11.4. The van der Waals surface area contributed by atoms with Gasteiger partial charge in [-0.25, -0.2) is 9.37 Å². The molecule has 7 nitrogen and oxygen atoms in total. The standard InChI is InChI=1S/C23H17F4N3O4S/c24-15-6-5-12(9-14(15)23(25,26)27)28-21(32)13-2-1-3-18-19(13)29-22(35-18)30-20(31)11-4-7-16-17(8-11)34-10-33-16/h4-9,13H,1-3,10H2,(H,28,32)(H,29,30,31). The second-order valence-electron chi connectivity index (χ2n) is 7.98. The Hall–Kier alpha value is -3.67. The first-order chi connectivity index (χ1) is 16.7. The van der Waals surface area contributed by atoms with Crippen LogP contribution in [0.15, 0.2) is 36.4 Å². The SMILES string of the molecule is O=C(Nc1nc2c(s1)CCCC2C(=O)Nc1ccc(F)c(C(F)(F)F)c1)c1ccc2c(c1)OCO2. The normalized spacial score (nSPS) is 16.5. The van der Waals surface area contributed by atoms with E-state index in [-0.39, 0.29) is 12.5 Å². The molecule has 3 aromatic rings. The van der Waals surface area contributed by atoms with Crippen LogP contribution < -0.4 is 20.1 Å². The zero-order chi connectivity index (χ0) is 24.7. The molecule has 1 aliphatic carbocycles. The molecule has 0 radical (unpaired) electrons. The van der Waals surface area contributed by atoms with E-state index < -0.39 is 35.3 Å². The van der Waals surface area contributed by atoms with Gasteiger partial charge < -0.3 is 14.8 Å². The van der Waals surface area contributed by atoms with Crippen molar-refractivity contribution in [1.82, 2.24) is 4.98 Å². The topological polar surface area (TPSA) is 89.6 Å². The van der Waals surface area contributed by atoms with Crippen molar-refractivity contribution in [2.75, 3.05) is 17.4 Å². The van der Waals surface area contributed by atoms with Gasteiger partial charge in [0.1, 0.15) is 5.82 Å². The summed E-state index contributed by atoms with van der Waals surface area (Å²) >= 11 is 1.24. The summed E-state index contributed by atoms with van der Waals surface area (Å²) in [5, 5.41) is 5.46. The molecule has 5 rings (SSSR count). The number of aryl methyl sites for hydroxylation is 1. The van der Waals surface area contributed by atoms with E-state index in [0.29, 0.717) is 59.3 Å². The Morgan fingerprint density at radius 2 is 1.86 bits per heavy atom. The van der Waals surface area contributed by atoms with Crippen LogP contribution in [0.3, 0.4) is 0 Å². The number of ether oxygens (including phenoxy) is 2. The Bertz CT molecular complexity index is 1320. The highest BCUT2D eigenvalue weighted by Crippen LogP contribution is 2.39. The van der Waals surface area contributed by atoms with E-state index in [1.165, 1.54) is 11.3 Å². The summed E-state index contributed by atoms with van der Waals surface area (Å²) < 4.78 is 63.1. The van der Waals surface area contributed by atoms with Gasteiger partial charge in [-0.15, -0.1) is 11.3 Å². The van der Waals surface area contributed by atoms with Crippen molar-refractivity contribution in [2.24, 2.45) is 0 Å². The first kappa shape index (κ1) is 23.1. The van der Waals surface area contributed by atoms with Crippen molar-refractivity contribution >= 4 is 34.0 Å². The average molecular weight is 507 g/mol. The third kappa shape index (κ3) is 4.65. The van der Waals surface area contributed by atoms with Crippen LogP contribution in [0.4, 0.5) is 28.4 Å². The zero-order valence-electron chi connectivity index (χ0n) is 17.9. The van der Waals surface area contributed by atoms with Crippen LogP contribution in [0.1, 0.15) is 45.3 Å². The summed E-state index contributed by atoms with van der Waals surface area (Å²) in [6.45, 7) is 0.0818. The zero-order valence-corrected chi connectivity index (χ0v) is 18.7. The minimum atomic E-state index is -4.89. The molecule has 0 bridgehead atoms. The summed E-state index contributed by atoms with van der Waals surface area (Å²) in [6, 6.07) is 7.07. The van der Waals surface area contributed by atoms with Crippen molar-refractivity contribution in [3.05, 3.63) is 63.9 Å². The van der Waals surface area contributed by atoms with Gasteiger partial charge in [0.05, 0.1) is 17.2 Å². The largest absolute Gasteiger partial charge is 0.454 e. The summed E-state index contributed by atoms with van der Waals surface area (Å²) in [6.07, 6.45) is -3.13. The van der Waals surface area contributed by atoms with Crippen LogP contribution in [0, 0.1) is 5.82 Å². The van der Waals surface area contributed by atoms with Crippen LogP contribution in [-0.2, 0) is 17.4 Å². The quantitative estimate of drug-likeness (QED) is 0.466. The van der Waals surface area contributed by atoms with Crippen molar-refractivity contribution in [3.63, 3.8) is 0 Å². The maximum Gasteiger partial charge on any atom is 0.419 e. The van der Waals surface area contributed by atoms with Gasteiger partial charge in [-0.2, -0.15) is 13.2 Å². The van der Waals surface area contributed by atoms with Crippen LogP contribution in [0.5, 0.6) is 11.5 Å². The summed E-state index contributed by atoms with van der Waals surface area (Å²) in [5.41, 5.74) is -0.810. The Labute approximate surface area is 200 Å². The van der Waals surface area contributed by atoms with Gasteiger partial charge >= 0.3 is 6.18 Å². The van der Waals surface area contributed by atoms with E-state index in [0.717, 1.165) is 10.9 Å². The van der Waals surface area contributed by atoms with Crippen LogP contribution in [0.2, 0.25) is 0 Å². The summed E-state index contributed by atoms with van der Waals surface area (Å²) in [5.74, 6) is -2.10. The lowest BCUT2D eigenvalue weighted by Gasteiger charge is -2.20. The monoisotopic (exact) mass is 507 g/mol. The van der Waals surface area contributed by atoms with Crippen molar-refractivity contribution in [3.8, 4) is 11.5 Å². The van der Waals surface area contributed by atoms with E-state index in [1.54, 1.807) is 18.2 Å². The molecular weight excluding hydrogens is 490 g/mol. The van der Waals surface area contributed by atoms with Crippen LogP contribution >= 0.6 is 11.3 Å². The van der Waals surface area contributed by atoms with Crippen LogP contribution in [-0.4, -0.2) is 23.6 Å². The first-order valence-electron chi connectivity index (χ1n) is 10.6. The molecule has 1 aliphatic heterocycles. The highest BCUT2D eigenvalue weighted by atomic mass is 32.1. The second-order valence-corrected chi connectivity index (χ2v) is 9.06. The molecule has 2 N–H and O–H groups in total. The number of carbonyl (C=O) groups is 2. The number of thiazole rings is 1. The highest BCUT2D eigenvalue weighted by molar-refractivity contribution is 7.16. The number of amides is 2. The van der Waals surface area contributed by atoms with Gasteiger partial charge in [0, 0.05) is 16.1 Å². The molecule has 2 heterocycles. The van der Waals surface area contributed by atoms with Crippen molar-refractivity contribution < 1.29 is 36.6 Å². The molecule has 0 spiro atoms. The Morgan fingerprint density at radius 1 is 1.06 bits per heavy atom. The van der Waals surface area contributed by atoms with Gasteiger partial charge in [-0.3, -0.25) is 14.9 Å². The minimum absolute atomic E-state index is 0.0818. The van der Waals surface area contributed by atoms with E-state index >= 15 is 0 Å². The fourth-order valence-electron chi connectivity index (χ4n) is 3.98. The molecule has 2 aromatic carbocycles. The average Bonchev–Trinajstić information content (AvgIpc) is 3.45. The molecule has 1 atom stereocenters. The number of benzene rings is 2. The second kappa shape index (κ2) is 8.84. The number of nitrogens with zero attached hydrogens (tertiary/aromatic N) is 1. The number of fused-ring (bicyclic) bond motifs is 2. The van der Waals surface area contributed by atoms with Gasteiger partial charge in [0.15, 0.2) is 16.6 Å². The molecule has 1 aromatic heterocycles. The number of aromatic nitrogens is 1. The molecule has 2 amide bonds. The number of rotatable bonds is 4. The predicted octanol–water partition coefficient (Wildman–Crippen LogP) is 5.34. The molecule has 0 fully saturated rings. The lowest BCUT2D eigenvalue weighted by Crippen LogP contribution is -2.25. The number of hydrogen-bond acceptors (Lipinski definition) is 6. The third-order valence-electron chi connectivity index (χ3n) is 5.67. The molecule has 1 unspecified atom stereocenters. The number of hydrogen-bond donors (Lipinski definition) is 2. The minimum Gasteiger partial charge on any atom is -0.454 e. The maximum absolute atomic E-state index is 13.6. The van der Waals surface area contributed by atoms with Crippen molar-refractivity contribution in [2.45, 2.75) is 31.4 Å². The highest BCUT2D eigenvalue weighted by Gasteiger charge is 2.35. The smallest absolute Gasteiger partial charge is 0.419 e. The number of alkyl halides is 3. The molecule has 0 saturated carbocycles. The van der Waals surface area contributed by atoms with Gasteiger partial charge in [-0.05, 0) is 55.7 Å². The Balaban J connectivity index is 1.32. The maximum atomic E-state index is 13.6. The summed E-state index contributed by atoms with van der Waals surface area (Å²) in [7, 11) is 0. The van der Waals surface area contributed by atoms with E-state index in [1.807, 2.05) is 0 Å². The lowest BCUT2D eigenvalue weighted by molar-refractivity contribution is -0.140. The fraction of sp³-hybridized carbons (Fsp3) is 0.261. The number of anilines is 2. The lowest BCUT2D eigenvalue weighted by atomic mass is 9.90. The molecule has 2 aliphatic rings. The summed E-state index contributed by atoms with van der Waals surface area (Å²) in [4.78, 5) is 30.8. The number of nitrogens with one attached hydrogen (secondary N) is 2. The van der Waals surface area contributed by atoms with E-state index in [2.05, 4.69) is 15.6 Å². The molecule has 35 heavy (non-hydrogen) atoms. The number of carbonyl (C=O) groups excluding carboxylic acids is 2. The third-order valence-corrected chi connectivity index (χ3v) is 6.71. The molecule has 182 valence electrons. The number of halogens is 4. The van der Waals surface area contributed by atoms with Gasteiger partial charge in [-0.1, -0.05) is 0 Å². The Kier molecular flexibility index (Phi) is 5.83. The molecule has 0 saturated heterocycles. The molecule has 12 heteroatoms. The van der Waals surface area contributed by atoms with E-state index in [4.69, 9.17) is 9.47 Å².